The highest BCUT2D eigenvalue weighted by Crippen LogP contribution is 2.41. The summed E-state index contributed by atoms with van der Waals surface area (Å²) in [4.78, 5) is 0. The first kappa shape index (κ1) is 28.9. The van der Waals surface area contributed by atoms with Crippen molar-refractivity contribution in [2.45, 2.75) is 0 Å². The van der Waals surface area contributed by atoms with Gasteiger partial charge in [0, 0.05) is 33.7 Å². The highest BCUT2D eigenvalue weighted by molar-refractivity contribution is 6.26. The van der Waals surface area contributed by atoms with E-state index in [1.54, 1.807) is 0 Å². The Kier molecular flexibility index (Phi) is 6.28. The topological polar surface area (TPSA) is 9.86 Å². The second kappa shape index (κ2) is 11.3. The van der Waals surface area contributed by atoms with Crippen LogP contribution in [0.4, 0.5) is 0 Å². The third-order valence-corrected chi connectivity index (χ3v) is 10.9. The van der Waals surface area contributed by atoms with Gasteiger partial charge >= 0.3 is 0 Å². The van der Waals surface area contributed by atoms with Crippen molar-refractivity contribution in [3.8, 4) is 33.6 Å². The highest BCUT2D eigenvalue weighted by Gasteiger charge is 2.19. The smallest absolute Gasteiger partial charge is 0.0788 e. The minimum atomic E-state index is 1.16. The summed E-state index contributed by atoms with van der Waals surface area (Å²) >= 11 is 0. The van der Waals surface area contributed by atoms with Gasteiger partial charge in [0.25, 0.3) is 0 Å². The molecular formula is C50H32N2. The Morgan fingerprint density at radius 1 is 0.288 bits per heavy atom. The van der Waals surface area contributed by atoms with E-state index < -0.39 is 0 Å². The molecule has 0 fully saturated rings. The zero-order valence-corrected chi connectivity index (χ0v) is 28.4. The molecule has 0 spiro atoms. The van der Waals surface area contributed by atoms with E-state index in [-0.39, 0.29) is 0 Å². The van der Waals surface area contributed by atoms with Crippen LogP contribution in [0, 0.1) is 0 Å². The van der Waals surface area contributed by atoms with E-state index in [0.29, 0.717) is 0 Å². The normalized spacial score (nSPS) is 11.8. The monoisotopic (exact) mass is 660 g/mol. The van der Waals surface area contributed by atoms with Gasteiger partial charge in [0.2, 0.25) is 0 Å². The summed E-state index contributed by atoms with van der Waals surface area (Å²) in [6, 6.07) is 68.7. The van der Waals surface area contributed by atoms with E-state index in [0.717, 1.165) is 11.4 Å². The van der Waals surface area contributed by atoms with Crippen LogP contribution >= 0.6 is 0 Å². The Hall–Kier alpha value is -6.90. The number of aromatic nitrogens is 2. The maximum Gasteiger partial charge on any atom is 0.0788 e. The Balaban J connectivity index is 1.06. The lowest BCUT2D eigenvalue weighted by Crippen LogP contribution is -1.97. The molecule has 0 atom stereocenters. The molecule has 0 unspecified atom stereocenters. The second-order valence-electron chi connectivity index (χ2n) is 13.8. The first-order chi connectivity index (χ1) is 25.8. The maximum atomic E-state index is 2.44. The van der Waals surface area contributed by atoms with Crippen LogP contribution in [-0.2, 0) is 0 Å². The van der Waals surface area contributed by atoms with Gasteiger partial charge in [-0.05, 0) is 103 Å². The number of fused-ring (bicyclic) bond motifs is 11. The third-order valence-electron chi connectivity index (χ3n) is 10.9. The van der Waals surface area contributed by atoms with Crippen molar-refractivity contribution in [1.29, 1.82) is 0 Å². The van der Waals surface area contributed by atoms with E-state index in [1.165, 1.54) is 87.3 Å². The van der Waals surface area contributed by atoms with Crippen molar-refractivity contribution in [2.24, 2.45) is 0 Å². The number of hydrogen-bond donors (Lipinski definition) is 0. The van der Waals surface area contributed by atoms with Crippen LogP contribution in [-0.4, -0.2) is 9.13 Å². The van der Waals surface area contributed by atoms with E-state index in [4.69, 9.17) is 0 Å². The molecule has 0 saturated heterocycles. The molecule has 0 N–H and O–H groups in total. The molecule has 0 amide bonds. The number of rotatable bonds is 4. The van der Waals surface area contributed by atoms with Crippen molar-refractivity contribution in [3.63, 3.8) is 0 Å². The molecule has 0 radical (unpaired) electrons. The Labute approximate surface area is 301 Å². The third kappa shape index (κ3) is 4.31. The summed E-state index contributed by atoms with van der Waals surface area (Å²) in [7, 11) is 0. The standard InChI is InChI=1S/C50H32N2/c1-3-11-38(12-4-1)51-30-29-35-23-27-45-47-32-37(25-28-48(47)52(50(45)49(35)51)39-13-5-2-6-14-39)34-21-19-33(20-22-34)36-24-26-44-42-17-8-7-15-40(42)41-16-9-10-18-43(41)46(44)31-36/h1-32H. The maximum absolute atomic E-state index is 2.44. The van der Waals surface area contributed by atoms with Crippen LogP contribution in [0.2, 0.25) is 0 Å². The van der Waals surface area contributed by atoms with Gasteiger partial charge in [0.1, 0.15) is 0 Å². The van der Waals surface area contributed by atoms with E-state index in [2.05, 4.69) is 203 Å². The molecule has 0 aliphatic heterocycles. The van der Waals surface area contributed by atoms with Gasteiger partial charge in [-0.2, -0.15) is 0 Å². The molecule has 0 aliphatic rings. The summed E-state index contributed by atoms with van der Waals surface area (Å²) in [5.74, 6) is 0. The lowest BCUT2D eigenvalue weighted by molar-refractivity contribution is 1.12. The predicted octanol–water partition coefficient (Wildman–Crippen LogP) is 13.5. The minimum Gasteiger partial charge on any atom is -0.315 e. The van der Waals surface area contributed by atoms with Crippen molar-refractivity contribution in [1.82, 2.24) is 9.13 Å². The summed E-state index contributed by atoms with van der Waals surface area (Å²) in [5.41, 5.74) is 10.8. The average Bonchev–Trinajstić information content (AvgIpc) is 3.81. The predicted molar refractivity (Wildman–Crippen MR) is 221 cm³/mol. The zero-order chi connectivity index (χ0) is 34.2. The first-order valence-electron chi connectivity index (χ1n) is 17.9. The largest absolute Gasteiger partial charge is 0.315 e. The lowest BCUT2D eigenvalue weighted by Gasteiger charge is -2.12. The second-order valence-corrected chi connectivity index (χ2v) is 13.8. The highest BCUT2D eigenvalue weighted by atomic mass is 15.0. The minimum absolute atomic E-state index is 1.16. The van der Waals surface area contributed by atoms with Crippen molar-refractivity contribution in [3.05, 3.63) is 194 Å². The molecule has 11 aromatic rings. The summed E-state index contributed by atoms with van der Waals surface area (Å²) in [5, 5.41) is 11.5. The molecule has 11 rings (SSSR count). The first-order valence-corrected chi connectivity index (χ1v) is 17.9. The molecule has 2 aromatic heterocycles. The van der Waals surface area contributed by atoms with Crippen LogP contribution in [0.15, 0.2) is 194 Å². The van der Waals surface area contributed by atoms with Gasteiger partial charge in [-0.15, -0.1) is 0 Å². The van der Waals surface area contributed by atoms with Gasteiger partial charge in [-0.1, -0.05) is 140 Å². The van der Waals surface area contributed by atoms with Gasteiger partial charge in [-0.3, -0.25) is 0 Å². The lowest BCUT2D eigenvalue weighted by atomic mass is 9.92. The number of hydrogen-bond acceptors (Lipinski definition) is 0. The van der Waals surface area contributed by atoms with Crippen molar-refractivity contribution >= 4 is 65.0 Å². The van der Waals surface area contributed by atoms with Crippen LogP contribution in [0.3, 0.4) is 0 Å². The zero-order valence-electron chi connectivity index (χ0n) is 28.4. The van der Waals surface area contributed by atoms with Crippen LogP contribution in [0.1, 0.15) is 0 Å². The quantitative estimate of drug-likeness (QED) is 0.166. The summed E-state index contributed by atoms with van der Waals surface area (Å²) in [6.07, 6.45) is 2.19. The molecule has 2 heterocycles. The van der Waals surface area contributed by atoms with Crippen LogP contribution in [0.25, 0.3) is 98.7 Å². The summed E-state index contributed by atoms with van der Waals surface area (Å²) in [6.45, 7) is 0. The number of para-hydroxylation sites is 2. The van der Waals surface area contributed by atoms with E-state index >= 15 is 0 Å². The molecule has 2 nitrogen and oxygen atoms in total. The summed E-state index contributed by atoms with van der Waals surface area (Å²) < 4.78 is 4.76. The Morgan fingerprint density at radius 2 is 0.769 bits per heavy atom. The van der Waals surface area contributed by atoms with Crippen molar-refractivity contribution < 1.29 is 0 Å². The molecule has 242 valence electrons. The SMILES string of the molecule is c1ccc(-n2ccc3ccc4c5cc(-c6ccc(-c7ccc8c9ccccc9c9ccccc9c8c7)cc6)ccc5n(-c5ccccc5)c4c32)cc1. The van der Waals surface area contributed by atoms with Crippen molar-refractivity contribution in [2.75, 3.05) is 0 Å². The van der Waals surface area contributed by atoms with E-state index in [9.17, 15) is 0 Å². The molecule has 0 aliphatic carbocycles. The Morgan fingerprint density at radius 3 is 1.40 bits per heavy atom. The average molecular weight is 661 g/mol. The fraction of sp³-hybridized carbons (Fsp3) is 0. The van der Waals surface area contributed by atoms with Gasteiger partial charge in [0.15, 0.2) is 0 Å². The Bertz CT molecular complexity index is 3110. The van der Waals surface area contributed by atoms with E-state index in [1.807, 2.05) is 0 Å². The molecule has 0 saturated carbocycles. The fourth-order valence-electron chi connectivity index (χ4n) is 8.49. The molecular weight excluding hydrogens is 629 g/mol. The van der Waals surface area contributed by atoms with Gasteiger partial charge < -0.3 is 9.13 Å². The van der Waals surface area contributed by atoms with Gasteiger partial charge in [0.05, 0.1) is 16.6 Å². The van der Waals surface area contributed by atoms with Crippen LogP contribution < -0.4 is 0 Å². The molecule has 9 aromatic carbocycles. The van der Waals surface area contributed by atoms with Gasteiger partial charge in [-0.25, -0.2) is 0 Å². The molecule has 2 heteroatoms. The number of nitrogens with zero attached hydrogens (tertiary/aromatic N) is 2. The van der Waals surface area contributed by atoms with Crippen LogP contribution in [0.5, 0.6) is 0 Å². The number of benzene rings is 9. The molecule has 0 bridgehead atoms. The molecule has 52 heavy (non-hydrogen) atoms. The fourth-order valence-corrected chi connectivity index (χ4v) is 8.49.